The Labute approximate surface area is 193 Å². The highest BCUT2D eigenvalue weighted by Crippen LogP contribution is 2.25. The van der Waals surface area contributed by atoms with Crippen molar-refractivity contribution in [1.29, 1.82) is 0 Å². The number of rotatable bonds is 15. The Morgan fingerprint density at radius 3 is 1.19 bits per heavy atom. The Bertz CT molecular complexity index is 678. The smallest absolute Gasteiger partial charge is 0.119 e. The normalized spacial score (nSPS) is 13.4. The van der Waals surface area contributed by atoms with Gasteiger partial charge in [0.05, 0.1) is 0 Å². The summed E-state index contributed by atoms with van der Waals surface area (Å²) in [5.74, 6) is 1.49. The molecule has 0 spiro atoms. The topological polar surface area (TPSA) is 65.4 Å². The molecule has 0 amide bonds. The van der Waals surface area contributed by atoms with E-state index in [-0.39, 0.29) is 13.2 Å². The van der Waals surface area contributed by atoms with E-state index in [0.717, 1.165) is 48.8 Å². The summed E-state index contributed by atoms with van der Waals surface area (Å²) in [4.78, 5) is 4.35. The Morgan fingerprint density at radius 1 is 0.594 bits per heavy atom. The van der Waals surface area contributed by atoms with Gasteiger partial charge in [-0.05, 0) is 61.6 Å². The zero-order chi connectivity index (χ0) is 23.3. The van der Waals surface area contributed by atoms with E-state index in [1.54, 1.807) is 0 Å². The predicted molar refractivity (Wildman–Crippen MR) is 130 cm³/mol. The van der Waals surface area contributed by atoms with E-state index in [4.69, 9.17) is 9.47 Å². The summed E-state index contributed by atoms with van der Waals surface area (Å²) < 4.78 is 11.5. The van der Waals surface area contributed by atoms with Crippen molar-refractivity contribution in [2.45, 2.75) is 39.9 Å². The van der Waals surface area contributed by atoms with Crippen LogP contribution in [0.25, 0.3) is 11.1 Å². The minimum absolute atomic E-state index is 0.280. The van der Waals surface area contributed by atoms with Gasteiger partial charge < -0.3 is 29.5 Å². The summed E-state index contributed by atoms with van der Waals surface area (Å²) >= 11 is 0. The van der Waals surface area contributed by atoms with Crippen LogP contribution in [0.2, 0.25) is 0 Å². The van der Waals surface area contributed by atoms with Crippen molar-refractivity contribution in [3.8, 4) is 22.6 Å². The highest BCUT2D eigenvalue weighted by atomic mass is 16.5. The second kappa shape index (κ2) is 14.1. The van der Waals surface area contributed by atoms with E-state index in [0.29, 0.717) is 13.1 Å². The van der Waals surface area contributed by atoms with Gasteiger partial charge in [0.15, 0.2) is 0 Å². The van der Waals surface area contributed by atoms with E-state index < -0.39 is 12.2 Å². The molecule has 6 heteroatoms. The molecule has 0 fully saturated rings. The molecule has 0 radical (unpaired) electrons. The lowest BCUT2D eigenvalue weighted by atomic mass is 10.1. The van der Waals surface area contributed by atoms with Crippen LogP contribution < -0.4 is 9.47 Å². The highest BCUT2D eigenvalue weighted by molar-refractivity contribution is 5.64. The van der Waals surface area contributed by atoms with Crippen molar-refractivity contribution in [1.82, 2.24) is 9.80 Å². The predicted octanol–water partition coefficient (Wildman–Crippen LogP) is 3.52. The summed E-state index contributed by atoms with van der Waals surface area (Å²) in [5.41, 5.74) is 2.16. The third-order valence-corrected chi connectivity index (χ3v) is 5.65. The summed E-state index contributed by atoms with van der Waals surface area (Å²) in [7, 11) is 0. The van der Waals surface area contributed by atoms with Crippen molar-refractivity contribution in [2.24, 2.45) is 0 Å². The highest BCUT2D eigenvalue weighted by Gasteiger charge is 2.11. The van der Waals surface area contributed by atoms with Crippen molar-refractivity contribution >= 4 is 0 Å². The summed E-state index contributed by atoms with van der Waals surface area (Å²) in [6.45, 7) is 13.8. The average Bonchev–Trinajstić information content (AvgIpc) is 2.84. The number of benzene rings is 2. The standard InChI is InChI=1S/C26H40N2O4/c1-5-27(6-2)17-23(29)19-31-25-13-9-21(10-14-25)22-11-15-26(16-12-22)32-20-24(30)18-28(7-3)8-4/h9-16,23-24,29-30H,5-8,17-20H2,1-4H3/t23-,24+. The van der Waals surface area contributed by atoms with Crippen LogP contribution in [0.1, 0.15) is 27.7 Å². The maximum absolute atomic E-state index is 10.2. The van der Waals surface area contributed by atoms with Crippen LogP contribution in [0.15, 0.2) is 48.5 Å². The van der Waals surface area contributed by atoms with Gasteiger partial charge in [0, 0.05) is 13.1 Å². The lowest BCUT2D eigenvalue weighted by molar-refractivity contribution is 0.0715. The Hall–Kier alpha value is -2.12. The molecule has 2 aromatic carbocycles. The third-order valence-electron chi connectivity index (χ3n) is 5.65. The van der Waals surface area contributed by atoms with Gasteiger partial charge in [0.1, 0.15) is 36.9 Å². The molecule has 0 saturated heterocycles. The maximum Gasteiger partial charge on any atom is 0.119 e. The third kappa shape index (κ3) is 8.79. The fourth-order valence-corrected chi connectivity index (χ4v) is 3.54. The first-order valence-corrected chi connectivity index (χ1v) is 11.8. The van der Waals surface area contributed by atoms with E-state index in [1.165, 1.54) is 0 Å². The van der Waals surface area contributed by atoms with Gasteiger partial charge >= 0.3 is 0 Å². The number of aliphatic hydroxyl groups is 2. The lowest BCUT2D eigenvalue weighted by Crippen LogP contribution is -2.35. The van der Waals surface area contributed by atoms with Crippen molar-refractivity contribution in [3.63, 3.8) is 0 Å². The quantitative estimate of drug-likeness (QED) is 0.438. The van der Waals surface area contributed by atoms with E-state index in [1.807, 2.05) is 48.5 Å². The van der Waals surface area contributed by atoms with E-state index in [2.05, 4.69) is 37.5 Å². The number of aliphatic hydroxyl groups excluding tert-OH is 2. The largest absolute Gasteiger partial charge is 0.491 e. The van der Waals surface area contributed by atoms with Gasteiger partial charge in [-0.15, -0.1) is 0 Å². The van der Waals surface area contributed by atoms with Crippen LogP contribution in [-0.4, -0.2) is 84.7 Å². The Balaban J connectivity index is 1.82. The lowest BCUT2D eigenvalue weighted by Gasteiger charge is -2.22. The summed E-state index contributed by atoms with van der Waals surface area (Å²) in [6, 6.07) is 15.7. The Morgan fingerprint density at radius 2 is 0.906 bits per heavy atom. The molecule has 0 aliphatic heterocycles. The second-order valence-electron chi connectivity index (χ2n) is 7.95. The molecule has 0 aliphatic rings. The Kier molecular flexibility index (Phi) is 11.5. The summed E-state index contributed by atoms with van der Waals surface area (Å²) in [5, 5.41) is 20.3. The van der Waals surface area contributed by atoms with E-state index >= 15 is 0 Å². The number of hydrogen-bond acceptors (Lipinski definition) is 6. The molecule has 0 unspecified atom stereocenters. The molecular formula is C26H40N2O4. The molecular weight excluding hydrogens is 404 g/mol. The zero-order valence-corrected chi connectivity index (χ0v) is 20.0. The molecule has 0 bridgehead atoms. The fraction of sp³-hybridized carbons (Fsp3) is 0.538. The summed E-state index contributed by atoms with van der Waals surface area (Å²) in [6.07, 6.45) is -1.01. The van der Waals surface area contributed by atoms with Gasteiger partial charge in [-0.25, -0.2) is 0 Å². The SMILES string of the molecule is CCN(CC)C[C@H](O)COc1ccc(-c2ccc(OC[C@H](O)CN(CC)CC)cc2)cc1. The molecule has 0 saturated carbocycles. The molecule has 178 valence electrons. The minimum Gasteiger partial charge on any atom is -0.491 e. The van der Waals surface area contributed by atoms with Crippen LogP contribution in [-0.2, 0) is 0 Å². The van der Waals surface area contributed by atoms with Crippen molar-refractivity contribution in [3.05, 3.63) is 48.5 Å². The first-order chi connectivity index (χ1) is 15.5. The molecule has 2 atom stereocenters. The van der Waals surface area contributed by atoms with Gasteiger partial charge in [-0.3, -0.25) is 0 Å². The second-order valence-corrected chi connectivity index (χ2v) is 7.95. The number of ether oxygens (including phenoxy) is 2. The number of hydrogen-bond donors (Lipinski definition) is 2. The molecule has 0 heterocycles. The van der Waals surface area contributed by atoms with Crippen LogP contribution in [0.3, 0.4) is 0 Å². The van der Waals surface area contributed by atoms with E-state index in [9.17, 15) is 10.2 Å². The van der Waals surface area contributed by atoms with Gasteiger partial charge in [-0.1, -0.05) is 52.0 Å². The van der Waals surface area contributed by atoms with Crippen molar-refractivity contribution < 1.29 is 19.7 Å². The first kappa shape index (κ1) is 26.1. The fourth-order valence-electron chi connectivity index (χ4n) is 3.54. The van der Waals surface area contributed by atoms with Crippen LogP contribution in [0.4, 0.5) is 0 Å². The van der Waals surface area contributed by atoms with Gasteiger partial charge in [-0.2, -0.15) is 0 Å². The monoisotopic (exact) mass is 444 g/mol. The molecule has 32 heavy (non-hydrogen) atoms. The molecule has 2 N–H and O–H groups in total. The number of nitrogens with zero attached hydrogens (tertiary/aromatic N) is 2. The zero-order valence-electron chi connectivity index (χ0n) is 20.0. The molecule has 0 aromatic heterocycles. The first-order valence-electron chi connectivity index (χ1n) is 11.8. The van der Waals surface area contributed by atoms with Gasteiger partial charge in [0.2, 0.25) is 0 Å². The number of likely N-dealkylation sites (N-methyl/N-ethyl adjacent to an activating group) is 2. The molecule has 0 aliphatic carbocycles. The minimum atomic E-state index is -0.507. The maximum atomic E-state index is 10.2. The van der Waals surface area contributed by atoms with Crippen LogP contribution in [0.5, 0.6) is 11.5 Å². The van der Waals surface area contributed by atoms with Crippen LogP contribution in [0, 0.1) is 0 Å². The van der Waals surface area contributed by atoms with Crippen molar-refractivity contribution in [2.75, 3.05) is 52.5 Å². The average molecular weight is 445 g/mol. The van der Waals surface area contributed by atoms with Gasteiger partial charge in [0.25, 0.3) is 0 Å². The molecule has 6 nitrogen and oxygen atoms in total. The molecule has 2 rings (SSSR count). The molecule has 2 aromatic rings. The van der Waals surface area contributed by atoms with Crippen LogP contribution >= 0.6 is 0 Å².